The Labute approximate surface area is 169 Å². The lowest BCUT2D eigenvalue weighted by atomic mass is 9.96. The number of hydrogen-bond acceptors (Lipinski definition) is 3. The van der Waals surface area contributed by atoms with Gasteiger partial charge in [0.05, 0.1) is 17.3 Å². The van der Waals surface area contributed by atoms with E-state index in [1.807, 2.05) is 61.0 Å². The largest absolute Gasteiger partial charge is 0.492 e. The Kier molecular flexibility index (Phi) is 5.09. The molecule has 0 unspecified atom stereocenters. The Balaban J connectivity index is 1.45. The van der Waals surface area contributed by atoms with Crippen molar-refractivity contribution in [3.05, 3.63) is 76.1 Å². The number of amides is 1. The van der Waals surface area contributed by atoms with Crippen LogP contribution in [0.1, 0.15) is 22.5 Å². The molecule has 1 aliphatic rings. The topological polar surface area (TPSA) is 56.2 Å². The van der Waals surface area contributed by atoms with Gasteiger partial charge in [0.25, 0.3) is 0 Å². The highest BCUT2D eigenvalue weighted by Crippen LogP contribution is 2.30. The maximum atomic E-state index is 12.7. The van der Waals surface area contributed by atoms with E-state index in [0.29, 0.717) is 24.6 Å². The first-order valence-corrected chi connectivity index (χ1v) is 9.70. The first-order chi connectivity index (χ1) is 13.5. The van der Waals surface area contributed by atoms with E-state index in [9.17, 15) is 4.79 Å². The normalized spacial score (nSPS) is 15.6. The van der Waals surface area contributed by atoms with Crippen LogP contribution in [0.4, 0.5) is 0 Å². The van der Waals surface area contributed by atoms with Crippen LogP contribution in [0.2, 0.25) is 5.02 Å². The number of halogens is 1. The van der Waals surface area contributed by atoms with Gasteiger partial charge >= 0.3 is 0 Å². The highest BCUT2D eigenvalue weighted by molar-refractivity contribution is 6.30. The summed E-state index contributed by atoms with van der Waals surface area (Å²) in [4.78, 5) is 12.7. The predicted octanol–water partition coefficient (Wildman–Crippen LogP) is 4.01. The zero-order chi connectivity index (χ0) is 19.7. The third-order valence-electron chi connectivity index (χ3n) is 5.18. The molecule has 5 nitrogen and oxygen atoms in total. The number of benzene rings is 2. The van der Waals surface area contributed by atoms with Crippen LogP contribution in [0.15, 0.2) is 48.5 Å². The van der Waals surface area contributed by atoms with E-state index in [1.165, 1.54) is 0 Å². The monoisotopic (exact) mass is 395 g/mol. The van der Waals surface area contributed by atoms with Gasteiger partial charge in [-0.25, -0.2) is 4.68 Å². The van der Waals surface area contributed by atoms with Crippen molar-refractivity contribution in [2.24, 2.45) is 5.92 Å². The van der Waals surface area contributed by atoms with Crippen LogP contribution in [0, 0.1) is 19.8 Å². The number of aryl methyl sites for hydroxylation is 1. The number of carbonyl (C=O) groups excluding carboxylic acids is 1. The van der Waals surface area contributed by atoms with Crippen molar-refractivity contribution < 1.29 is 9.53 Å². The number of nitrogens with one attached hydrogen (secondary N) is 1. The Bertz CT molecular complexity index is 1010. The van der Waals surface area contributed by atoms with E-state index in [1.54, 1.807) is 6.07 Å². The highest BCUT2D eigenvalue weighted by atomic mass is 35.5. The van der Waals surface area contributed by atoms with Gasteiger partial charge in [-0.2, -0.15) is 5.10 Å². The van der Waals surface area contributed by atoms with E-state index in [2.05, 4.69) is 10.4 Å². The molecule has 2 heterocycles. The van der Waals surface area contributed by atoms with Crippen LogP contribution < -0.4 is 10.1 Å². The molecular weight excluding hydrogens is 374 g/mol. The van der Waals surface area contributed by atoms with Gasteiger partial charge in [-0.3, -0.25) is 4.79 Å². The molecule has 0 radical (unpaired) electrons. The molecule has 1 aliphatic heterocycles. The molecule has 0 fully saturated rings. The van der Waals surface area contributed by atoms with E-state index >= 15 is 0 Å². The SMILES string of the molecule is Cc1nn(-c2ccccc2)c(C)c1CNC(=O)[C@H]1COc2ccc(Cl)cc2C1. The average molecular weight is 396 g/mol. The van der Waals surface area contributed by atoms with Crippen molar-refractivity contribution >= 4 is 17.5 Å². The molecule has 1 N–H and O–H groups in total. The highest BCUT2D eigenvalue weighted by Gasteiger charge is 2.26. The van der Waals surface area contributed by atoms with E-state index in [-0.39, 0.29) is 11.8 Å². The summed E-state index contributed by atoms with van der Waals surface area (Å²) in [6.45, 7) is 4.82. The molecule has 0 saturated heterocycles. The lowest BCUT2D eigenvalue weighted by Crippen LogP contribution is -2.37. The summed E-state index contributed by atoms with van der Waals surface area (Å²) in [5, 5.41) is 8.35. The van der Waals surface area contributed by atoms with Crippen LogP contribution in [0.25, 0.3) is 5.69 Å². The first kappa shape index (κ1) is 18.6. The molecule has 0 bridgehead atoms. The lowest BCUT2D eigenvalue weighted by Gasteiger charge is -2.24. The maximum Gasteiger partial charge on any atom is 0.227 e. The van der Waals surface area contributed by atoms with E-state index in [0.717, 1.165) is 34.0 Å². The van der Waals surface area contributed by atoms with Gasteiger partial charge in [0.2, 0.25) is 5.91 Å². The molecule has 2 aromatic carbocycles. The minimum atomic E-state index is -0.226. The standard InChI is InChI=1S/C22H22ClN3O2/c1-14-20(15(2)26(25-14)19-6-4-3-5-7-19)12-24-22(27)17-10-16-11-18(23)8-9-21(16)28-13-17/h3-9,11,17H,10,12-13H2,1-2H3,(H,24,27)/t17-/m1/s1. The van der Waals surface area contributed by atoms with E-state index < -0.39 is 0 Å². The van der Waals surface area contributed by atoms with Crippen LogP contribution >= 0.6 is 11.6 Å². The molecule has 1 amide bonds. The van der Waals surface area contributed by atoms with Crippen LogP contribution in [0.5, 0.6) is 5.75 Å². The number of hydrogen-bond donors (Lipinski definition) is 1. The fraction of sp³-hybridized carbons (Fsp3) is 0.273. The third-order valence-corrected chi connectivity index (χ3v) is 5.42. The molecule has 1 atom stereocenters. The summed E-state index contributed by atoms with van der Waals surface area (Å²) in [7, 11) is 0. The summed E-state index contributed by atoms with van der Waals surface area (Å²) in [5.74, 6) is 0.567. The number of nitrogens with zero attached hydrogens (tertiary/aromatic N) is 2. The number of rotatable bonds is 4. The maximum absolute atomic E-state index is 12.7. The minimum absolute atomic E-state index is 0.0168. The van der Waals surface area contributed by atoms with Crippen LogP contribution in [-0.4, -0.2) is 22.3 Å². The summed E-state index contributed by atoms with van der Waals surface area (Å²) in [6.07, 6.45) is 0.628. The van der Waals surface area contributed by atoms with Gasteiger partial charge < -0.3 is 10.1 Å². The zero-order valence-corrected chi connectivity index (χ0v) is 16.7. The predicted molar refractivity (Wildman–Crippen MR) is 109 cm³/mol. The van der Waals surface area contributed by atoms with Crippen molar-refractivity contribution in [3.63, 3.8) is 0 Å². The minimum Gasteiger partial charge on any atom is -0.492 e. The molecular formula is C22H22ClN3O2. The van der Waals surface area contributed by atoms with Gasteiger partial charge in [0.1, 0.15) is 12.4 Å². The molecule has 0 spiro atoms. The second kappa shape index (κ2) is 7.68. The summed E-state index contributed by atoms with van der Waals surface area (Å²) in [6, 6.07) is 15.5. The second-order valence-corrected chi connectivity index (χ2v) is 7.52. The van der Waals surface area contributed by atoms with Crippen LogP contribution in [0.3, 0.4) is 0 Å². The summed E-state index contributed by atoms with van der Waals surface area (Å²) >= 11 is 6.07. The molecule has 1 aromatic heterocycles. The third kappa shape index (κ3) is 3.62. The van der Waals surface area contributed by atoms with Crippen molar-refractivity contribution in [1.29, 1.82) is 0 Å². The number of fused-ring (bicyclic) bond motifs is 1. The fourth-order valence-electron chi connectivity index (χ4n) is 3.60. The van der Waals surface area contributed by atoms with Crippen molar-refractivity contribution in [2.75, 3.05) is 6.61 Å². The van der Waals surface area contributed by atoms with Gasteiger partial charge in [-0.1, -0.05) is 29.8 Å². The molecule has 144 valence electrons. The number of carbonyl (C=O) groups is 1. The average Bonchev–Trinajstić information content (AvgIpc) is 2.99. The summed E-state index contributed by atoms with van der Waals surface area (Å²) in [5.41, 5.74) is 4.97. The number of aromatic nitrogens is 2. The number of para-hydroxylation sites is 1. The molecule has 6 heteroatoms. The van der Waals surface area contributed by atoms with Crippen molar-refractivity contribution in [3.8, 4) is 11.4 Å². The Hall–Kier alpha value is -2.79. The van der Waals surface area contributed by atoms with Gasteiger partial charge in [0, 0.05) is 22.8 Å². The van der Waals surface area contributed by atoms with Gasteiger partial charge in [0.15, 0.2) is 0 Å². The van der Waals surface area contributed by atoms with Crippen LogP contribution in [-0.2, 0) is 17.8 Å². The zero-order valence-electron chi connectivity index (χ0n) is 15.9. The van der Waals surface area contributed by atoms with Gasteiger partial charge in [-0.05, 0) is 56.2 Å². The van der Waals surface area contributed by atoms with E-state index in [4.69, 9.17) is 16.3 Å². The molecule has 4 rings (SSSR count). The first-order valence-electron chi connectivity index (χ1n) is 9.32. The Morgan fingerprint density at radius 3 is 2.82 bits per heavy atom. The van der Waals surface area contributed by atoms with Crippen molar-refractivity contribution in [2.45, 2.75) is 26.8 Å². The number of ether oxygens (including phenoxy) is 1. The molecule has 0 saturated carbocycles. The lowest BCUT2D eigenvalue weighted by molar-refractivity contribution is -0.126. The Morgan fingerprint density at radius 2 is 2.04 bits per heavy atom. The Morgan fingerprint density at radius 1 is 1.25 bits per heavy atom. The van der Waals surface area contributed by atoms with Crippen molar-refractivity contribution in [1.82, 2.24) is 15.1 Å². The second-order valence-electron chi connectivity index (χ2n) is 7.08. The summed E-state index contributed by atoms with van der Waals surface area (Å²) < 4.78 is 7.65. The smallest absolute Gasteiger partial charge is 0.227 e. The van der Waals surface area contributed by atoms with Gasteiger partial charge in [-0.15, -0.1) is 0 Å². The molecule has 0 aliphatic carbocycles. The molecule has 3 aromatic rings. The molecule has 28 heavy (non-hydrogen) atoms. The fourth-order valence-corrected chi connectivity index (χ4v) is 3.80. The quantitative estimate of drug-likeness (QED) is 0.726.